The summed E-state index contributed by atoms with van der Waals surface area (Å²) in [6, 6.07) is 3.86. The fraction of sp³-hybridized carbons (Fsp3) is 0.429. The van der Waals surface area contributed by atoms with Crippen molar-refractivity contribution < 1.29 is 0 Å². The standard InChI is InChI=1S/C14H16N6S/c15-9-14(5-1-2-6-14)12-19-20-11(17-18-13(20)21-12)10-4-3-7-16-8-10/h3-4,7-8H,1-2,5-6,9,15H2. The Balaban J connectivity index is 1.83. The Kier molecular flexibility index (Phi) is 2.97. The summed E-state index contributed by atoms with van der Waals surface area (Å²) < 4.78 is 1.83. The van der Waals surface area contributed by atoms with Crippen molar-refractivity contribution in [2.24, 2.45) is 5.73 Å². The summed E-state index contributed by atoms with van der Waals surface area (Å²) in [5, 5.41) is 14.4. The lowest BCUT2D eigenvalue weighted by molar-refractivity contribution is 0.445. The van der Waals surface area contributed by atoms with Gasteiger partial charge in [0.2, 0.25) is 4.96 Å². The fourth-order valence-electron chi connectivity index (χ4n) is 3.06. The molecule has 0 aliphatic heterocycles. The Bertz CT molecular complexity index is 756. The number of aromatic nitrogens is 5. The van der Waals surface area contributed by atoms with Crippen LogP contribution in [0.2, 0.25) is 0 Å². The van der Waals surface area contributed by atoms with Crippen LogP contribution in [0.1, 0.15) is 30.7 Å². The van der Waals surface area contributed by atoms with Gasteiger partial charge in [0.25, 0.3) is 0 Å². The summed E-state index contributed by atoms with van der Waals surface area (Å²) in [6.45, 7) is 0.652. The molecule has 1 aliphatic carbocycles. The van der Waals surface area contributed by atoms with E-state index in [0.29, 0.717) is 6.54 Å². The van der Waals surface area contributed by atoms with E-state index in [4.69, 9.17) is 10.8 Å². The van der Waals surface area contributed by atoms with Crippen LogP contribution in [0, 0.1) is 0 Å². The molecular weight excluding hydrogens is 284 g/mol. The Labute approximate surface area is 126 Å². The van der Waals surface area contributed by atoms with Gasteiger partial charge in [0.15, 0.2) is 5.82 Å². The third kappa shape index (κ3) is 1.96. The van der Waals surface area contributed by atoms with Gasteiger partial charge in [-0.15, -0.1) is 10.2 Å². The first-order valence-corrected chi connectivity index (χ1v) is 7.97. The molecule has 1 fully saturated rings. The van der Waals surface area contributed by atoms with Crippen LogP contribution in [0.5, 0.6) is 0 Å². The van der Waals surface area contributed by atoms with E-state index in [1.807, 2.05) is 16.6 Å². The lowest BCUT2D eigenvalue weighted by Crippen LogP contribution is -2.32. The average Bonchev–Trinajstić information content (AvgIpc) is 3.23. The second kappa shape index (κ2) is 4.85. The van der Waals surface area contributed by atoms with Crippen LogP contribution in [-0.4, -0.2) is 31.3 Å². The van der Waals surface area contributed by atoms with Crippen molar-refractivity contribution >= 4 is 16.3 Å². The number of hydrogen-bond donors (Lipinski definition) is 1. The smallest absolute Gasteiger partial charge is 0.234 e. The lowest BCUT2D eigenvalue weighted by atomic mass is 9.87. The Morgan fingerprint density at radius 3 is 2.86 bits per heavy atom. The normalized spacial score (nSPS) is 17.6. The summed E-state index contributed by atoms with van der Waals surface area (Å²) in [7, 11) is 0. The highest BCUT2D eigenvalue weighted by molar-refractivity contribution is 7.16. The molecule has 1 saturated carbocycles. The predicted octanol–water partition coefficient (Wildman–Crippen LogP) is 2.02. The summed E-state index contributed by atoms with van der Waals surface area (Å²) in [5.74, 6) is 0.741. The highest BCUT2D eigenvalue weighted by Gasteiger charge is 2.38. The summed E-state index contributed by atoms with van der Waals surface area (Å²) in [5.41, 5.74) is 7.02. The van der Waals surface area contributed by atoms with Gasteiger partial charge in [-0.1, -0.05) is 24.2 Å². The molecule has 0 bridgehead atoms. The van der Waals surface area contributed by atoms with Gasteiger partial charge in [0.1, 0.15) is 5.01 Å². The van der Waals surface area contributed by atoms with Crippen LogP contribution in [0.3, 0.4) is 0 Å². The van der Waals surface area contributed by atoms with Crippen LogP contribution in [0.25, 0.3) is 16.3 Å². The molecule has 0 unspecified atom stereocenters. The third-order valence-corrected chi connectivity index (χ3v) is 5.46. The van der Waals surface area contributed by atoms with E-state index < -0.39 is 0 Å². The quantitative estimate of drug-likeness (QED) is 0.800. The van der Waals surface area contributed by atoms with Crippen LogP contribution in [-0.2, 0) is 5.41 Å². The van der Waals surface area contributed by atoms with Gasteiger partial charge >= 0.3 is 0 Å². The Hall–Kier alpha value is -1.86. The van der Waals surface area contributed by atoms with E-state index in [0.717, 1.165) is 34.2 Å². The zero-order chi connectivity index (χ0) is 14.3. The molecule has 2 N–H and O–H groups in total. The van der Waals surface area contributed by atoms with Gasteiger partial charge in [-0.3, -0.25) is 4.98 Å². The zero-order valence-electron chi connectivity index (χ0n) is 11.6. The van der Waals surface area contributed by atoms with Crippen LogP contribution >= 0.6 is 11.3 Å². The van der Waals surface area contributed by atoms with Crippen molar-refractivity contribution in [3.05, 3.63) is 29.5 Å². The maximum atomic E-state index is 6.05. The lowest BCUT2D eigenvalue weighted by Gasteiger charge is -2.23. The maximum absolute atomic E-state index is 6.05. The summed E-state index contributed by atoms with van der Waals surface area (Å²) in [6.07, 6.45) is 8.23. The molecule has 7 heteroatoms. The van der Waals surface area contributed by atoms with Gasteiger partial charge in [0, 0.05) is 29.9 Å². The molecule has 0 amide bonds. The van der Waals surface area contributed by atoms with Crippen LogP contribution < -0.4 is 5.73 Å². The Morgan fingerprint density at radius 1 is 1.29 bits per heavy atom. The summed E-state index contributed by atoms with van der Waals surface area (Å²) in [4.78, 5) is 4.96. The molecule has 1 aliphatic rings. The minimum atomic E-state index is 0.0393. The number of hydrogen-bond acceptors (Lipinski definition) is 6. The Morgan fingerprint density at radius 2 is 2.14 bits per heavy atom. The number of nitrogens with two attached hydrogens (primary N) is 1. The van der Waals surface area contributed by atoms with Crippen LogP contribution in [0.4, 0.5) is 0 Å². The molecule has 3 aromatic rings. The molecule has 0 atom stereocenters. The average molecular weight is 300 g/mol. The summed E-state index contributed by atoms with van der Waals surface area (Å²) >= 11 is 1.61. The molecule has 6 nitrogen and oxygen atoms in total. The minimum Gasteiger partial charge on any atom is -0.329 e. The van der Waals surface area contributed by atoms with E-state index >= 15 is 0 Å². The van der Waals surface area contributed by atoms with E-state index in [-0.39, 0.29) is 5.41 Å². The fourth-order valence-corrected chi connectivity index (χ4v) is 4.16. The van der Waals surface area contributed by atoms with Crippen molar-refractivity contribution in [2.45, 2.75) is 31.1 Å². The number of nitrogens with zero attached hydrogens (tertiary/aromatic N) is 5. The molecule has 0 aromatic carbocycles. The zero-order valence-corrected chi connectivity index (χ0v) is 12.4. The molecular formula is C14H16N6S. The molecule has 108 valence electrons. The molecule has 21 heavy (non-hydrogen) atoms. The number of fused-ring (bicyclic) bond motifs is 1. The largest absolute Gasteiger partial charge is 0.329 e. The topological polar surface area (TPSA) is 82.0 Å². The molecule has 3 heterocycles. The number of pyridine rings is 1. The van der Waals surface area contributed by atoms with Crippen molar-refractivity contribution in [1.29, 1.82) is 0 Å². The van der Waals surface area contributed by atoms with Crippen molar-refractivity contribution in [2.75, 3.05) is 6.54 Å². The minimum absolute atomic E-state index is 0.0393. The molecule has 4 rings (SSSR count). The van der Waals surface area contributed by atoms with Crippen LogP contribution in [0.15, 0.2) is 24.5 Å². The first-order chi connectivity index (χ1) is 10.3. The van der Waals surface area contributed by atoms with Crippen molar-refractivity contribution in [3.8, 4) is 11.4 Å². The molecule has 3 aromatic heterocycles. The van der Waals surface area contributed by atoms with Gasteiger partial charge in [0.05, 0.1) is 0 Å². The predicted molar refractivity (Wildman–Crippen MR) is 81.1 cm³/mol. The highest BCUT2D eigenvalue weighted by Crippen LogP contribution is 2.42. The van der Waals surface area contributed by atoms with Gasteiger partial charge in [-0.2, -0.15) is 9.61 Å². The van der Waals surface area contributed by atoms with Crippen molar-refractivity contribution in [3.63, 3.8) is 0 Å². The molecule has 0 radical (unpaired) electrons. The van der Waals surface area contributed by atoms with E-state index in [9.17, 15) is 0 Å². The van der Waals surface area contributed by atoms with E-state index in [1.165, 1.54) is 12.8 Å². The second-order valence-electron chi connectivity index (χ2n) is 5.56. The monoisotopic (exact) mass is 300 g/mol. The SMILES string of the molecule is NCC1(c2nn3c(-c4cccnc4)nnc3s2)CCCC1. The molecule has 0 saturated heterocycles. The first kappa shape index (κ1) is 12.8. The highest BCUT2D eigenvalue weighted by atomic mass is 32.1. The van der Waals surface area contributed by atoms with Gasteiger partial charge < -0.3 is 5.73 Å². The first-order valence-electron chi connectivity index (χ1n) is 7.16. The van der Waals surface area contributed by atoms with E-state index in [2.05, 4.69) is 15.2 Å². The third-order valence-electron chi connectivity index (χ3n) is 4.32. The molecule has 0 spiro atoms. The number of rotatable bonds is 3. The van der Waals surface area contributed by atoms with Crippen molar-refractivity contribution in [1.82, 2.24) is 24.8 Å². The van der Waals surface area contributed by atoms with Gasteiger partial charge in [-0.05, 0) is 25.0 Å². The van der Waals surface area contributed by atoms with Gasteiger partial charge in [-0.25, -0.2) is 0 Å². The maximum Gasteiger partial charge on any atom is 0.234 e. The second-order valence-corrected chi connectivity index (χ2v) is 6.51. The van der Waals surface area contributed by atoms with E-state index in [1.54, 1.807) is 23.7 Å².